The molecule has 3 nitrogen and oxygen atoms in total. The predicted octanol–water partition coefficient (Wildman–Crippen LogP) is 1.75. The van der Waals surface area contributed by atoms with Crippen molar-refractivity contribution in [3.05, 3.63) is 0 Å². The van der Waals surface area contributed by atoms with E-state index in [9.17, 15) is 4.79 Å². The standard InChI is InChI=1S/C10H18O3/c1-4-8(6-12-7-11)5-9-10(2,3)13-9/h7-9H,4-6H2,1-3H3. The molecule has 1 aliphatic heterocycles. The van der Waals surface area contributed by atoms with Crippen LogP contribution in [0.3, 0.4) is 0 Å². The van der Waals surface area contributed by atoms with E-state index in [0.29, 0.717) is 25.1 Å². The number of carbonyl (C=O) groups excluding carboxylic acids is 1. The second kappa shape index (κ2) is 4.09. The van der Waals surface area contributed by atoms with E-state index in [1.165, 1.54) is 0 Å². The lowest BCUT2D eigenvalue weighted by atomic mass is 9.96. The van der Waals surface area contributed by atoms with E-state index >= 15 is 0 Å². The fourth-order valence-electron chi connectivity index (χ4n) is 1.50. The third kappa shape index (κ3) is 2.99. The van der Waals surface area contributed by atoms with Crippen LogP contribution < -0.4 is 0 Å². The van der Waals surface area contributed by atoms with Gasteiger partial charge < -0.3 is 9.47 Å². The molecule has 2 atom stereocenters. The van der Waals surface area contributed by atoms with Crippen LogP contribution in [0, 0.1) is 5.92 Å². The summed E-state index contributed by atoms with van der Waals surface area (Å²) >= 11 is 0. The van der Waals surface area contributed by atoms with E-state index in [1.807, 2.05) is 0 Å². The predicted molar refractivity (Wildman–Crippen MR) is 49.4 cm³/mol. The average Bonchev–Trinajstić information content (AvgIpc) is 2.67. The molecule has 0 aromatic carbocycles. The zero-order valence-corrected chi connectivity index (χ0v) is 8.58. The highest BCUT2D eigenvalue weighted by molar-refractivity contribution is 5.36. The summed E-state index contributed by atoms with van der Waals surface area (Å²) in [5.74, 6) is 0.442. The summed E-state index contributed by atoms with van der Waals surface area (Å²) in [6, 6.07) is 0. The highest BCUT2D eigenvalue weighted by Crippen LogP contribution is 2.39. The summed E-state index contributed by atoms with van der Waals surface area (Å²) < 4.78 is 10.2. The second-order valence-electron chi connectivity index (χ2n) is 4.15. The van der Waals surface area contributed by atoms with E-state index in [2.05, 4.69) is 20.8 Å². The van der Waals surface area contributed by atoms with Gasteiger partial charge in [-0.3, -0.25) is 4.79 Å². The molecule has 0 radical (unpaired) electrons. The lowest BCUT2D eigenvalue weighted by Gasteiger charge is -2.11. The molecule has 1 aliphatic rings. The largest absolute Gasteiger partial charge is 0.468 e. The molecule has 0 spiro atoms. The Hall–Kier alpha value is -0.570. The minimum Gasteiger partial charge on any atom is -0.468 e. The third-order valence-electron chi connectivity index (χ3n) is 2.69. The summed E-state index contributed by atoms with van der Waals surface area (Å²) in [6.07, 6.45) is 2.38. The first-order chi connectivity index (χ1) is 6.10. The Bertz CT molecular complexity index is 177. The van der Waals surface area contributed by atoms with Gasteiger partial charge in [-0.15, -0.1) is 0 Å². The van der Waals surface area contributed by atoms with Gasteiger partial charge >= 0.3 is 0 Å². The van der Waals surface area contributed by atoms with Crippen LogP contribution >= 0.6 is 0 Å². The molecule has 2 unspecified atom stereocenters. The van der Waals surface area contributed by atoms with Crippen LogP contribution in [-0.2, 0) is 14.3 Å². The maximum Gasteiger partial charge on any atom is 0.293 e. The molecule has 1 saturated heterocycles. The fraction of sp³-hybridized carbons (Fsp3) is 0.900. The number of carbonyl (C=O) groups is 1. The summed E-state index contributed by atoms with van der Waals surface area (Å²) in [7, 11) is 0. The molecule has 13 heavy (non-hydrogen) atoms. The van der Waals surface area contributed by atoms with Gasteiger partial charge in [0.1, 0.15) is 0 Å². The molecule has 3 heteroatoms. The van der Waals surface area contributed by atoms with Crippen molar-refractivity contribution in [3.8, 4) is 0 Å². The van der Waals surface area contributed by atoms with Gasteiger partial charge in [-0.1, -0.05) is 6.92 Å². The molecule has 0 bridgehead atoms. The number of hydrogen-bond donors (Lipinski definition) is 0. The van der Waals surface area contributed by atoms with E-state index in [0.717, 1.165) is 12.8 Å². The highest BCUT2D eigenvalue weighted by atomic mass is 16.6. The van der Waals surface area contributed by atoms with Crippen molar-refractivity contribution in [2.75, 3.05) is 6.61 Å². The van der Waals surface area contributed by atoms with Gasteiger partial charge in [0.05, 0.1) is 18.3 Å². The zero-order valence-electron chi connectivity index (χ0n) is 8.58. The van der Waals surface area contributed by atoms with Crippen LogP contribution in [-0.4, -0.2) is 24.8 Å². The van der Waals surface area contributed by atoms with Crippen molar-refractivity contribution in [2.45, 2.75) is 45.3 Å². The summed E-state index contributed by atoms with van der Waals surface area (Å²) in [5.41, 5.74) is 0.0502. The van der Waals surface area contributed by atoms with Crippen LogP contribution in [0.2, 0.25) is 0 Å². The normalized spacial score (nSPS) is 26.5. The van der Waals surface area contributed by atoms with Crippen LogP contribution in [0.4, 0.5) is 0 Å². The lowest BCUT2D eigenvalue weighted by molar-refractivity contribution is -0.130. The molecule has 0 aromatic heterocycles. The summed E-state index contributed by atoms with van der Waals surface area (Å²) in [4.78, 5) is 10.0. The molecule has 0 amide bonds. The first-order valence-corrected chi connectivity index (χ1v) is 4.83. The highest BCUT2D eigenvalue weighted by Gasteiger charge is 2.48. The Morgan fingerprint density at radius 1 is 1.62 bits per heavy atom. The lowest BCUT2D eigenvalue weighted by Crippen LogP contribution is -2.14. The first kappa shape index (κ1) is 10.5. The van der Waals surface area contributed by atoms with E-state index in [1.54, 1.807) is 0 Å². The first-order valence-electron chi connectivity index (χ1n) is 4.83. The van der Waals surface area contributed by atoms with Crippen molar-refractivity contribution in [3.63, 3.8) is 0 Å². The maximum atomic E-state index is 10.0. The number of hydrogen-bond acceptors (Lipinski definition) is 3. The molecule has 1 heterocycles. The SMILES string of the molecule is CCC(COC=O)CC1OC1(C)C. The van der Waals surface area contributed by atoms with Crippen molar-refractivity contribution >= 4 is 6.47 Å². The second-order valence-corrected chi connectivity index (χ2v) is 4.15. The van der Waals surface area contributed by atoms with Crippen LogP contribution in [0.5, 0.6) is 0 Å². The number of ether oxygens (including phenoxy) is 2. The number of epoxide rings is 1. The minimum atomic E-state index is 0.0502. The monoisotopic (exact) mass is 186 g/mol. The Morgan fingerprint density at radius 3 is 2.62 bits per heavy atom. The molecule has 0 aromatic rings. The zero-order chi connectivity index (χ0) is 9.90. The molecular weight excluding hydrogens is 168 g/mol. The molecule has 0 N–H and O–H groups in total. The van der Waals surface area contributed by atoms with Gasteiger partial charge in [0, 0.05) is 0 Å². The molecule has 0 aliphatic carbocycles. The molecule has 76 valence electrons. The van der Waals surface area contributed by atoms with E-state index in [4.69, 9.17) is 9.47 Å². The minimum absolute atomic E-state index is 0.0502. The summed E-state index contributed by atoms with van der Waals surface area (Å²) in [5, 5.41) is 0. The van der Waals surface area contributed by atoms with Crippen LogP contribution in [0.15, 0.2) is 0 Å². The van der Waals surface area contributed by atoms with Gasteiger partial charge in [-0.05, 0) is 32.6 Å². The van der Waals surface area contributed by atoms with Gasteiger partial charge in [0.25, 0.3) is 6.47 Å². The molecule has 1 rings (SSSR count). The van der Waals surface area contributed by atoms with Crippen molar-refractivity contribution < 1.29 is 14.3 Å². The van der Waals surface area contributed by atoms with Gasteiger partial charge in [0.15, 0.2) is 0 Å². The maximum absolute atomic E-state index is 10.0. The third-order valence-corrected chi connectivity index (χ3v) is 2.69. The fourth-order valence-corrected chi connectivity index (χ4v) is 1.50. The molecule has 0 saturated carbocycles. The Morgan fingerprint density at radius 2 is 2.23 bits per heavy atom. The number of rotatable bonds is 6. The van der Waals surface area contributed by atoms with Gasteiger partial charge in [-0.25, -0.2) is 0 Å². The van der Waals surface area contributed by atoms with Crippen molar-refractivity contribution in [1.29, 1.82) is 0 Å². The Kier molecular flexibility index (Phi) is 3.31. The van der Waals surface area contributed by atoms with E-state index < -0.39 is 0 Å². The Labute approximate surface area is 79.4 Å². The quantitative estimate of drug-likeness (QED) is 0.468. The van der Waals surface area contributed by atoms with Crippen LogP contribution in [0.25, 0.3) is 0 Å². The van der Waals surface area contributed by atoms with Crippen molar-refractivity contribution in [2.24, 2.45) is 5.92 Å². The van der Waals surface area contributed by atoms with Crippen molar-refractivity contribution in [1.82, 2.24) is 0 Å². The Balaban J connectivity index is 2.21. The van der Waals surface area contributed by atoms with Crippen LogP contribution in [0.1, 0.15) is 33.6 Å². The molecule has 1 fully saturated rings. The summed E-state index contributed by atoms with van der Waals surface area (Å²) in [6.45, 7) is 7.32. The van der Waals surface area contributed by atoms with E-state index in [-0.39, 0.29) is 5.60 Å². The average molecular weight is 186 g/mol. The topological polar surface area (TPSA) is 38.8 Å². The van der Waals surface area contributed by atoms with Gasteiger partial charge in [0.2, 0.25) is 0 Å². The van der Waals surface area contributed by atoms with Gasteiger partial charge in [-0.2, -0.15) is 0 Å². The molecular formula is C10H18O3. The smallest absolute Gasteiger partial charge is 0.293 e.